The molecule has 0 fully saturated rings. The molecular formula is C24H14I2O4. The molecule has 0 aliphatic heterocycles. The van der Waals surface area contributed by atoms with Crippen molar-refractivity contribution in [2.24, 2.45) is 0 Å². The summed E-state index contributed by atoms with van der Waals surface area (Å²) in [6, 6.07) is 24.9. The summed E-state index contributed by atoms with van der Waals surface area (Å²) < 4.78 is 13.3. The van der Waals surface area contributed by atoms with E-state index in [9.17, 15) is 9.59 Å². The summed E-state index contributed by atoms with van der Waals surface area (Å²) in [5, 5.41) is 1.37. The van der Waals surface area contributed by atoms with E-state index < -0.39 is 11.9 Å². The summed E-state index contributed by atoms with van der Waals surface area (Å²) in [4.78, 5) is 25.1. The number of halogens is 2. The van der Waals surface area contributed by atoms with E-state index in [1.54, 1.807) is 36.4 Å². The first kappa shape index (κ1) is 20.8. The van der Waals surface area contributed by atoms with Crippen molar-refractivity contribution < 1.29 is 19.1 Å². The number of hydrogen-bond acceptors (Lipinski definition) is 4. The molecule has 4 nitrogen and oxygen atoms in total. The highest BCUT2D eigenvalue weighted by atomic mass is 127. The van der Waals surface area contributed by atoms with Crippen molar-refractivity contribution >= 4 is 67.9 Å². The first-order valence-corrected chi connectivity index (χ1v) is 11.1. The van der Waals surface area contributed by atoms with Crippen LogP contribution >= 0.6 is 45.2 Å². The Bertz CT molecular complexity index is 1130. The zero-order chi connectivity index (χ0) is 21.1. The number of benzene rings is 4. The molecule has 4 aromatic carbocycles. The van der Waals surface area contributed by atoms with E-state index in [1.165, 1.54) is 0 Å². The minimum atomic E-state index is -0.444. The van der Waals surface area contributed by atoms with Crippen molar-refractivity contribution in [3.8, 4) is 11.5 Å². The van der Waals surface area contributed by atoms with Crippen LogP contribution < -0.4 is 9.47 Å². The molecule has 0 saturated heterocycles. The summed E-state index contributed by atoms with van der Waals surface area (Å²) >= 11 is 4.36. The molecule has 0 saturated carbocycles. The molecule has 0 heterocycles. The number of hydrogen-bond donors (Lipinski definition) is 0. The molecule has 0 aromatic heterocycles. The zero-order valence-electron chi connectivity index (χ0n) is 15.5. The van der Waals surface area contributed by atoms with Gasteiger partial charge in [0.25, 0.3) is 0 Å². The van der Waals surface area contributed by atoms with E-state index in [0.717, 1.165) is 7.14 Å². The first-order chi connectivity index (χ1) is 14.5. The number of carbonyl (C=O) groups is 2. The van der Waals surface area contributed by atoms with Crippen molar-refractivity contribution in [3.63, 3.8) is 0 Å². The van der Waals surface area contributed by atoms with E-state index in [0.29, 0.717) is 33.4 Å². The number of fused-ring (bicyclic) bond motifs is 1. The van der Waals surface area contributed by atoms with Gasteiger partial charge in [-0.2, -0.15) is 0 Å². The van der Waals surface area contributed by atoms with E-state index >= 15 is 0 Å². The van der Waals surface area contributed by atoms with Gasteiger partial charge in [-0.3, -0.25) is 0 Å². The lowest BCUT2D eigenvalue weighted by Crippen LogP contribution is -2.10. The van der Waals surface area contributed by atoms with Gasteiger partial charge in [0.1, 0.15) is 11.5 Å². The van der Waals surface area contributed by atoms with Crippen molar-refractivity contribution in [2.45, 2.75) is 0 Å². The van der Waals surface area contributed by atoms with Gasteiger partial charge in [-0.05, 0) is 106 Å². The molecule has 0 radical (unpaired) electrons. The second-order valence-corrected chi connectivity index (χ2v) is 8.89. The summed E-state index contributed by atoms with van der Waals surface area (Å²) in [5.41, 5.74) is 0.933. The normalized spacial score (nSPS) is 10.6. The van der Waals surface area contributed by atoms with Crippen LogP contribution in [-0.4, -0.2) is 11.9 Å². The molecule has 0 amide bonds. The van der Waals surface area contributed by atoms with Gasteiger partial charge in [-0.15, -0.1) is 0 Å². The van der Waals surface area contributed by atoms with Crippen molar-refractivity contribution in [1.29, 1.82) is 0 Å². The molecule has 0 bridgehead atoms. The third-order valence-corrected chi connectivity index (χ3v) is 5.85. The molecule has 6 heteroatoms. The maximum absolute atomic E-state index is 12.5. The van der Waals surface area contributed by atoms with Gasteiger partial charge in [0.15, 0.2) is 0 Å². The highest BCUT2D eigenvalue weighted by Gasteiger charge is 2.15. The molecule has 0 aliphatic rings. The average Bonchev–Trinajstić information content (AvgIpc) is 2.76. The molecule has 4 aromatic rings. The summed E-state index contributed by atoms with van der Waals surface area (Å²) in [6.45, 7) is 0. The predicted octanol–water partition coefficient (Wildman–Crippen LogP) is 6.49. The molecule has 0 unspecified atom stereocenters. The summed E-state index contributed by atoms with van der Waals surface area (Å²) in [6.07, 6.45) is 0. The molecule has 0 atom stereocenters. The highest BCUT2D eigenvalue weighted by Crippen LogP contribution is 2.34. The van der Waals surface area contributed by atoms with E-state index in [1.807, 2.05) is 48.5 Å². The van der Waals surface area contributed by atoms with Gasteiger partial charge >= 0.3 is 11.9 Å². The van der Waals surface area contributed by atoms with Crippen LogP contribution in [0.1, 0.15) is 20.7 Å². The standard InChI is InChI=1S/C24H14I2O4/c25-17-9-5-15(6-10-17)23(27)29-21-13-14-22(20-4-2-1-3-19(20)21)30-24(28)16-7-11-18(26)12-8-16/h1-14H. The molecule has 0 spiro atoms. The molecule has 30 heavy (non-hydrogen) atoms. The molecular weight excluding hydrogens is 606 g/mol. The Labute approximate surface area is 200 Å². The Morgan fingerprint density at radius 1 is 0.533 bits per heavy atom. The fourth-order valence-corrected chi connectivity index (χ4v) is 3.63. The van der Waals surface area contributed by atoms with E-state index in [2.05, 4.69) is 45.2 Å². The third kappa shape index (κ3) is 4.65. The average molecular weight is 620 g/mol. The lowest BCUT2D eigenvalue weighted by molar-refractivity contribution is 0.0723. The van der Waals surface area contributed by atoms with Gasteiger partial charge in [0.2, 0.25) is 0 Å². The van der Waals surface area contributed by atoms with Gasteiger partial charge in [-0.1, -0.05) is 24.3 Å². The van der Waals surface area contributed by atoms with Gasteiger partial charge in [-0.25, -0.2) is 9.59 Å². The highest BCUT2D eigenvalue weighted by molar-refractivity contribution is 14.1. The number of rotatable bonds is 4. The minimum Gasteiger partial charge on any atom is -0.422 e. The Hall–Kier alpha value is -2.46. The van der Waals surface area contributed by atoms with Crippen LogP contribution in [0.4, 0.5) is 0 Å². The van der Waals surface area contributed by atoms with Gasteiger partial charge in [0.05, 0.1) is 11.1 Å². The number of esters is 2. The SMILES string of the molecule is O=C(Oc1ccc(OC(=O)c2ccc(I)cc2)c2ccccc12)c1ccc(I)cc1. The minimum absolute atomic E-state index is 0.406. The lowest BCUT2D eigenvalue weighted by Gasteiger charge is -2.12. The Morgan fingerprint density at radius 3 is 1.27 bits per heavy atom. The quantitative estimate of drug-likeness (QED) is 0.149. The Balaban J connectivity index is 1.63. The maximum Gasteiger partial charge on any atom is 0.343 e. The molecule has 148 valence electrons. The van der Waals surface area contributed by atoms with Gasteiger partial charge in [0, 0.05) is 17.9 Å². The Morgan fingerprint density at radius 2 is 0.900 bits per heavy atom. The van der Waals surface area contributed by atoms with Crippen LogP contribution in [0.25, 0.3) is 10.8 Å². The van der Waals surface area contributed by atoms with Crippen molar-refractivity contribution in [3.05, 3.63) is 103 Å². The molecule has 0 N–H and O–H groups in total. The van der Waals surface area contributed by atoms with Crippen molar-refractivity contribution in [2.75, 3.05) is 0 Å². The maximum atomic E-state index is 12.5. The summed E-state index contributed by atoms with van der Waals surface area (Å²) in [7, 11) is 0. The fourth-order valence-electron chi connectivity index (χ4n) is 2.91. The monoisotopic (exact) mass is 620 g/mol. The van der Waals surface area contributed by atoms with Crippen LogP contribution in [0.2, 0.25) is 0 Å². The van der Waals surface area contributed by atoms with E-state index in [-0.39, 0.29) is 0 Å². The number of carbonyl (C=O) groups excluding carboxylic acids is 2. The van der Waals surface area contributed by atoms with Crippen LogP contribution in [-0.2, 0) is 0 Å². The van der Waals surface area contributed by atoms with Crippen LogP contribution in [0.3, 0.4) is 0 Å². The van der Waals surface area contributed by atoms with Crippen LogP contribution in [0.5, 0.6) is 11.5 Å². The summed E-state index contributed by atoms with van der Waals surface area (Å²) in [5.74, 6) is -0.0770. The van der Waals surface area contributed by atoms with Gasteiger partial charge < -0.3 is 9.47 Å². The second kappa shape index (κ2) is 9.13. The Kier molecular flexibility index (Phi) is 6.33. The fraction of sp³-hybridized carbons (Fsp3) is 0. The topological polar surface area (TPSA) is 52.6 Å². The van der Waals surface area contributed by atoms with Crippen LogP contribution in [0.15, 0.2) is 84.9 Å². The predicted molar refractivity (Wildman–Crippen MR) is 132 cm³/mol. The lowest BCUT2D eigenvalue weighted by atomic mass is 10.1. The first-order valence-electron chi connectivity index (χ1n) is 8.98. The molecule has 4 rings (SSSR count). The largest absolute Gasteiger partial charge is 0.422 e. The van der Waals surface area contributed by atoms with Crippen LogP contribution in [0, 0.1) is 7.14 Å². The van der Waals surface area contributed by atoms with E-state index in [4.69, 9.17) is 9.47 Å². The second-order valence-electron chi connectivity index (χ2n) is 6.40. The van der Waals surface area contributed by atoms with Crippen molar-refractivity contribution in [1.82, 2.24) is 0 Å². The zero-order valence-corrected chi connectivity index (χ0v) is 19.8. The molecule has 0 aliphatic carbocycles. The smallest absolute Gasteiger partial charge is 0.343 e. The number of ether oxygens (including phenoxy) is 2. The third-order valence-electron chi connectivity index (χ3n) is 4.41.